The van der Waals surface area contributed by atoms with Crippen LogP contribution in [-0.2, 0) is 0 Å². The van der Waals surface area contributed by atoms with E-state index in [9.17, 15) is 0 Å². The minimum Gasteiger partial charge on any atom is -0.356 e. The van der Waals surface area contributed by atoms with Crippen LogP contribution in [0.3, 0.4) is 0 Å². The number of halogens is 1. The summed E-state index contributed by atoms with van der Waals surface area (Å²) >= 11 is 0. The van der Waals surface area contributed by atoms with Crippen LogP contribution in [0.1, 0.15) is 27.7 Å². The van der Waals surface area contributed by atoms with Gasteiger partial charge in [-0.25, -0.2) is 0 Å². The first-order valence-corrected chi connectivity index (χ1v) is 4.31. The van der Waals surface area contributed by atoms with Gasteiger partial charge in [0.1, 0.15) is 0 Å². The SMILES string of the molecule is CC(C)N1C=CN(C(C)C)C1.I. The van der Waals surface area contributed by atoms with E-state index in [0.29, 0.717) is 12.1 Å². The summed E-state index contributed by atoms with van der Waals surface area (Å²) < 4.78 is 0. The lowest BCUT2D eigenvalue weighted by atomic mass is 10.3. The van der Waals surface area contributed by atoms with Gasteiger partial charge in [-0.05, 0) is 27.7 Å². The quantitative estimate of drug-likeness (QED) is 0.718. The van der Waals surface area contributed by atoms with Gasteiger partial charge in [-0.2, -0.15) is 0 Å². The molecule has 1 rings (SSSR count). The molecule has 12 heavy (non-hydrogen) atoms. The molecule has 0 unspecified atom stereocenters. The van der Waals surface area contributed by atoms with Crippen LogP contribution in [0.25, 0.3) is 0 Å². The highest BCUT2D eigenvalue weighted by atomic mass is 127. The number of rotatable bonds is 2. The Morgan fingerprint density at radius 3 is 1.42 bits per heavy atom. The summed E-state index contributed by atoms with van der Waals surface area (Å²) in [4.78, 5) is 4.67. The molecule has 0 aliphatic carbocycles. The van der Waals surface area contributed by atoms with Crippen molar-refractivity contribution in [1.29, 1.82) is 0 Å². The zero-order valence-electron chi connectivity index (χ0n) is 8.32. The van der Waals surface area contributed by atoms with Gasteiger partial charge in [0.2, 0.25) is 0 Å². The van der Waals surface area contributed by atoms with Crippen LogP contribution in [0, 0.1) is 0 Å². The molecule has 0 saturated carbocycles. The summed E-state index contributed by atoms with van der Waals surface area (Å²) in [5.41, 5.74) is 0. The largest absolute Gasteiger partial charge is 0.356 e. The topological polar surface area (TPSA) is 6.48 Å². The second-order valence-corrected chi connectivity index (χ2v) is 3.66. The van der Waals surface area contributed by atoms with Crippen molar-refractivity contribution in [1.82, 2.24) is 9.80 Å². The Balaban J connectivity index is 0.00000121. The summed E-state index contributed by atoms with van der Waals surface area (Å²) in [6, 6.07) is 1.24. The first-order chi connectivity index (χ1) is 5.11. The average Bonchev–Trinajstić information content (AvgIpc) is 2.33. The maximum Gasteiger partial charge on any atom is 0.0898 e. The summed E-state index contributed by atoms with van der Waals surface area (Å²) in [6.07, 6.45) is 4.34. The highest BCUT2D eigenvalue weighted by Gasteiger charge is 2.15. The predicted molar refractivity (Wildman–Crippen MR) is 63.4 cm³/mol. The molecule has 0 fully saturated rings. The molecule has 0 atom stereocenters. The van der Waals surface area contributed by atoms with Crippen molar-refractivity contribution >= 4 is 24.0 Å². The van der Waals surface area contributed by atoms with E-state index in [1.807, 2.05) is 0 Å². The van der Waals surface area contributed by atoms with Crippen LogP contribution in [0.15, 0.2) is 12.4 Å². The summed E-state index contributed by atoms with van der Waals surface area (Å²) in [6.45, 7) is 9.92. The predicted octanol–water partition coefficient (Wildman–Crippen LogP) is 2.47. The monoisotopic (exact) mass is 282 g/mol. The lowest BCUT2D eigenvalue weighted by molar-refractivity contribution is 0.204. The molecule has 1 aliphatic heterocycles. The maximum absolute atomic E-state index is 2.33. The molecule has 72 valence electrons. The highest BCUT2D eigenvalue weighted by molar-refractivity contribution is 14.0. The molecule has 0 N–H and O–H groups in total. The lowest BCUT2D eigenvalue weighted by Crippen LogP contribution is -2.33. The van der Waals surface area contributed by atoms with E-state index >= 15 is 0 Å². The molecule has 0 radical (unpaired) electrons. The van der Waals surface area contributed by atoms with E-state index in [1.54, 1.807) is 0 Å². The zero-order chi connectivity index (χ0) is 8.43. The first kappa shape index (κ1) is 12.1. The van der Waals surface area contributed by atoms with Gasteiger partial charge >= 0.3 is 0 Å². The summed E-state index contributed by atoms with van der Waals surface area (Å²) in [7, 11) is 0. The molecule has 0 amide bonds. The third kappa shape index (κ3) is 2.84. The molecule has 0 aromatic heterocycles. The van der Waals surface area contributed by atoms with Crippen LogP contribution < -0.4 is 0 Å². The van der Waals surface area contributed by atoms with Gasteiger partial charge in [0, 0.05) is 24.5 Å². The van der Waals surface area contributed by atoms with E-state index in [2.05, 4.69) is 49.9 Å². The minimum absolute atomic E-state index is 0. The van der Waals surface area contributed by atoms with E-state index in [0.717, 1.165) is 6.67 Å². The first-order valence-electron chi connectivity index (χ1n) is 4.31. The Kier molecular flexibility index (Phi) is 4.97. The summed E-state index contributed by atoms with van der Waals surface area (Å²) in [5.74, 6) is 0. The molecular formula is C9H19IN2. The fourth-order valence-corrected chi connectivity index (χ4v) is 1.12. The Morgan fingerprint density at radius 2 is 1.25 bits per heavy atom. The van der Waals surface area contributed by atoms with Crippen molar-refractivity contribution in [2.24, 2.45) is 0 Å². The zero-order valence-corrected chi connectivity index (χ0v) is 10.6. The van der Waals surface area contributed by atoms with Crippen molar-refractivity contribution in [3.05, 3.63) is 12.4 Å². The van der Waals surface area contributed by atoms with E-state index in [4.69, 9.17) is 0 Å². The Hall–Kier alpha value is 0.0700. The second-order valence-electron chi connectivity index (χ2n) is 3.66. The number of nitrogens with zero attached hydrogens (tertiary/aromatic N) is 2. The molecule has 0 spiro atoms. The van der Waals surface area contributed by atoms with E-state index in [-0.39, 0.29) is 24.0 Å². The van der Waals surface area contributed by atoms with Gasteiger partial charge < -0.3 is 9.80 Å². The standard InChI is InChI=1S/C9H18N2.HI/c1-8(2)10-5-6-11(7-10)9(3)4;/h5-6,8-9H,7H2,1-4H3;1H. The Labute approximate surface area is 92.6 Å². The molecule has 1 heterocycles. The third-order valence-corrected chi connectivity index (χ3v) is 2.10. The molecule has 3 heteroatoms. The molecule has 0 aromatic rings. The van der Waals surface area contributed by atoms with Gasteiger partial charge in [0.05, 0.1) is 6.67 Å². The molecule has 0 aromatic carbocycles. The van der Waals surface area contributed by atoms with Crippen LogP contribution in [0.2, 0.25) is 0 Å². The fourth-order valence-electron chi connectivity index (χ4n) is 1.12. The van der Waals surface area contributed by atoms with Gasteiger partial charge in [-0.3, -0.25) is 0 Å². The van der Waals surface area contributed by atoms with Crippen molar-refractivity contribution in [3.8, 4) is 0 Å². The number of hydrogen-bond acceptors (Lipinski definition) is 2. The van der Waals surface area contributed by atoms with Crippen LogP contribution in [0.4, 0.5) is 0 Å². The van der Waals surface area contributed by atoms with Crippen molar-refractivity contribution in [3.63, 3.8) is 0 Å². The number of hydrogen-bond donors (Lipinski definition) is 0. The maximum atomic E-state index is 2.33. The van der Waals surface area contributed by atoms with Gasteiger partial charge in [-0.15, -0.1) is 24.0 Å². The fraction of sp³-hybridized carbons (Fsp3) is 0.778. The van der Waals surface area contributed by atoms with Crippen LogP contribution in [-0.4, -0.2) is 28.6 Å². The van der Waals surface area contributed by atoms with Gasteiger partial charge in [-0.1, -0.05) is 0 Å². The summed E-state index contributed by atoms with van der Waals surface area (Å²) in [5, 5.41) is 0. The van der Waals surface area contributed by atoms with Gasteiger partial charge in [0.25, 0.3) is 0 Å². The molecule has 0 bridgehead atoms. The average molecular weight is 282 g/mol. The van der Waals surface area contributed by atoms with Crippen molar-refractivity contribution < 1.29 is 0 Å². The third-order valence-electron chi connectivity index (χ3n) is 2.10. The molecule has 2 nitrogen and oxygen atoms in total. The minimum atomic E-state index is 0. The van der Waals surface area contributed by atoms with E-state index < -0.39 is 0 Å². The van der Waals surface area contributed by atoms with Crippen molar-refractivity contribution in [2.45, 2.75) is 39.8 Å². The molecular weight excluding hydrogens is 263 g/mol. The Bertz CT molecular complexity index is 139. The highest BCUT2D eigenvalue weighted by Crippen LogP contribution is 2.12. The smallest absolute Gasteiger partial charge is 0.0898 e. The van der Waals surface area contributed by atoms with E-state index in [1.165, 1.54) is 0 Å². The molecule has 1 aliphatic rings. The normalized spacial score (nSPS) is 16.2. The van der Waals surface area contributed by atoms with Crippen molar-refractivity contribution in [2.75, 3.05) is 6.67 Å². The van der Waals surface area contributed by atoms with Crippen LogP contribution >= 0.6 is 24.0 Å². The Morgan fingerprint density at radius 1 is 0.917 bits per heavy atom. The second kappa shape index (κ2) is 4.94. The molecule has 0 saturated heterocycles. The van der Waals surface area contributed by atoms with Crippen LogP contribution in [0.5, 0.6) is 0 Å². The lowest BCUT2D eigenvalue weighted by Gasteiger charge is -2.26. The van der Waals surface area contributed by atoms with Gasteiger partial charge in [0.15, 0.2) is 0 Å².